The summed E-state index contributed by atoms with van der Waals surface area (Å²) in [5.41, 5.74) is 7.53. The van der Waals surface area contributed by atoms with Gasteiger partial charge < -0.3 is 5.73 Å². The molecule has 0 heterocycles. The molecule has 3 heteroatoms. The Labute approximate surface area is 186 Å². The highest BCUT2D eigenvalue weighted by Crippen LogP contribution is 2.23. The molecule has 1 aromatic rings. The molecule has 29 heavy (non-hydrogen) atoms. The molecule has 0 radical (unpaired) electrons. The number of unbranched alkanes of at least 4 members (excludes halogenated alkanes) is 13. The van der Waals surface area contributed by atoms with Crippen molar-refractivity contribution >= 4 is 18.2 Å². The molecular weight excluding hydrogens is 378 g/mol. The van der Waals surface area contributed by atoms with E-state index in [-0.39, 0.29) is 18.2 Å². The second kappa shape index (κ2) is 16.9. The van der Waals surface area contributed by atoms with Crippen molar-refractivity contribution in [3.05, 3.63) is 35.4 Å². The molecule has 0 aliphatic carbocycles. The van der Waals surface area contributed by atoms with Gasteiger partial charge in [-0.25, -0.2) is 0 Å². The van der Waals surface area contributed by atoms with E-state index in [0.29, 0.717) is 6.42 Å². The van der Waals surface area contributed by atoms with Gasteiger partial charge in [0.25, 0.3) is 0 Å². The van der Waals surface area contributed by atoms with Crippen molar-refractivity contribution in [2.24, 2.45) is 5.73 Å². The van der Waals surface area contributed by atoms with Crippen LogP contribution >= 0.6 is 12.4 Å². The first-order valence-corrected chi connectivity index (χ1v) is 11.9. The molecule has 0 aliphatic rings. The zero-order valence-corrected chi connectivity index (χ0v) is 20.1. The summed E-state index contributed by atoms with van der Waals surface area (Å²) >= 11 is 0. The number of halogens is 1. The summed E-state index contributed by atoms with van der Waals surface area (Å²) in [5.74, 6) is 0.244. The van der Waals surface area contributed by atoms with E-state index in [1.807, 2.05) is 38.1 Å². The Morgan fingerprint density at radius 3 is 1.62 bits per heavy atom. The smallest absolute Gasteiger partial charge is 0.163 e. The molecule has 1 rings (SSSR count). The average Bonchev–Trinajstić information content (AvgIpc) is 2.67. The van der Waals surface area contributed by atoms with E-state index in [9.17, 15) is 4.79 Å². The summed E-state index contributed by atoms with van der Waals surface area (Å²) in [4.78, 5) is 12.6. The molecule has 0 saturated heterocycles. The summed E-state index contributed by atoms with van der Waals surface area (Å²) in [6.45, 7) is 6.20. The minimum atomic E-state index is -0.470. The Balaban J connectivity index is 0.00000784. The van der Waals surface area contributed by atoms with Gasteiger partial charge in [-0.1, -0.05) is 115 Å². The van der Waals surface area contributed by atoms with E-state index in [2.05, 4.69) is 6.92 Å². The van der Waals surface area contributed by atoms with Gasteiger partial charge in [0.1, 0.15) is 0 Å². The predicted molar refractivity (Wildman–Crippen MR) is 130 cm³/mol. The van der Waals surface area contributed by atoms with Crippen LogP contribution in [0.5, 0.6) is 0 Å². The minimum Gasteiger partial charge on any atom is -0.322 e. The monoisotopic (exact) mass is 423 g/mol. The molecule has 0 spiro atoms. The molecule has 0 amide bonds. The molecule has 0 aromatic heterocycles. The standard InChI is InChI=1S/C26H45NO.ClH/c1-4-5-6-7-8-9-10-11-12-13-14-15-16-17-22-25(28)23-20-18-19-21-24(23)26(2,3)27;/h18-21H,4-17,22,27H2,1-3H3;1H. The Kier molecular flexibility index (Phi) is 16.4. The van der Waals surface area contributed by atoms with E-state index in [1.165, 1.54) is 77.0 Å². The Morgan fingerprint density at radius 2 is 1.17 bits per heavy atom. The highest BCUT2D eigenvalue weighted by Gasteiger charge is 2.21. The molecule has 0 aliphatic heterocycles. The SMILES string of the molecule is CCCCCCCCCCCCCCCCC(=O)c1ccccc1C(C)(C)N.Cl. The first-order chi connectivity index (χ1) is 13.5. The minimum absolute atomic E-state index is 0. The number of Topliss-reactive ketones (excluding diaryl/α,β-unsaturated/α-hetero) is 1. The average molecular weight is 424 g/mol. The van der Waals surface area contributed by atoms with Gasteiger partial charge in [0.05, 0.1) is 0 Å². The Bertz CT molecular complexity index is 536. The van der Waals surface area contributed by atoms with Crippen molar-refractivity contribution in [1.29, 1.82) is 0 Å². The lowest BCUT2D eigenvalue weighted by Gasteiger charge is -2.22. The van der Waals surface area contributed by atoms with Crippen molar-refractivity contribution in [2.45, 2.75) is 123 Å². The molecule has 0 unspecified atom stereocenters. The van der Waals surface area contributed by atoms with E-state index < -0.39 is 5.54 Å². The maximum absolute atomic E-state index is 12.6. The number of carbonyl (C=O) groups is 1. The number of hydrogen-bond acceptors (Lipinski definition) is 2. The molecular formula is C26H46ClNO. The van der Waals surface area contributed by atoms with Crippen molar-refractivity contribution in [3.63, 3.8) is 0 Å². The van der Waals surface area contributed by atoms with Crippen LogP contribution in [0.1, 0.15) is 133 Å². The third-order valence-corrected chi connectivity index (χ3v) is 5.68. The van der Waals surface area contributed by atoms with Gasteiger partial charge in [0.15, 0.2) is 5.78 Å². The van der Waals surface area contributed by atoms with Gasteiger partial charge in [-0.15, -0.1) is 12.4 Å². The van der Waals surface area contributed by atoms with Crippen LogP contribution in [-0.4, -0.2) is 5.78 Å². The lowest BCUT2D eigenvalue weighted by molar-refractivity contribution is 0.0976. The first kappa shape index (κ1) is 28.1. The van der Waals surface area contributed by atoms with Gasteiger partial charge >= 0.3 is 0 Å². The zero-order valence-electron chi connectivity index (χ0n) is 19.3. The largest absolute Gasteiger partial charge is 0.322 e. The van der Waals surface area contributed by atoms with Crippen molar-refractivity contribution in [2.75, 3.05) is 0 Å². The lowest BCUT2D eigenvalue weighted by atomic mass is 9.88. The number of carbonyl (C=O) groups excluding carboxylic acids is 1. The van der Waals surface area contributed by atoms with E-state index in [4.69, 9.17) is 5.73 Å². The van der Waals surface area contributed by atoms with E-state index in [1.54, 1.807) is 0 Å². The molecule has 1 aromatic carbocycles. The molecule has 2 nitrogen and oxygen atoms in total. The maximum atomic E-state index is 12.6. The second-order valence-corrected chi connectivity index (χ2v) is 9.04. The molecule has 0 fully saturated rings. The molecule has 0 atom stereocenters. The molecule has 0 saturated carbocycles. The topological polar surface area (TPSA) is 43.1 Å². The maximum Gasteiger partial charge on any atom is 0.163 e. The van der Waals surface area contributed by atoms with Gasteiger partial charge in [-0.2, -0.15) is 0 Å². The fourth-order valence-corrected chi connectivity index (χ4v) is 3.90. The number of ketones is 1. The summed E-state index contributed by atoms with van der Waals surface area (Å²) in [6, 6.07) is 7.81. The first-order valence-electron chi connectivity index (χ1n) is 11.9. The van der Waals surface area contributed by atoms with Gasteiger partial charge in [-0.3, -0.25) is 4.79 Å². The van der Waals surface area contributed by atoms with Crippen LogP contribution in [0.4, 0.5) is 0 Å². The third kappa shape index (κ3) is 13.1. The van der Waals surface area contributed by atoms with E-state index >= 15 is 0 Å². The highest BCUT2D eigenvalue weighted by molar-refractivity contribution is 5.97. The van der Waals surface area contributed by atoms with Crippen LogP contribution in [-0.2, 0) is 5.54 Å². The fraction of sp³-hybridized carbons (Fsp3) is 0.731. The summed E-state index contributed by atoms with van der Waals surface area (Å²) in [6.07, 6.45) is 19.4. The lowest BCUT2D eigenvalue weighted by Crippen LogP contribution is -2.30. The normalized spacial score (nSPS) is 11.3. The van der Waals surface area contributed by atoms with Crippen molar-refractivity contribution in [1.82, 2.24) is 0 Å². The molecule has 2 N–H and O–H groups in total. The Morgan fingerprint density at radius 1 is 0.759 bits per heavy atom. The second-order valence-electron chi connectivity index (χ2n) is 9.04. The van der Waals surface area contributed by atoms with Gasteiger partial charge in [-0.05, 0) is 25.8 Å². The van der Waals surface area contributed by atoms with E-state index in [0.717, 1.165) is 24.0 Å². The highest BCUT2D eigenvalue weighted by atomic mass is 35.5. The van der Waals surface area contributed by atoms with Crippen LogP contribution in [0.3, 0.4) is 0 Å². The molecule has 0 bridgehead atoms. The Hall–Kier alpha value is -0.860. The summed E-state index contributed by atoms with van der Waals surface area (Å²) < 4.78 is 0. The van der Waals surface area contributed by atoms with Crippen LogP contribution in [0.2, 0.25) is 0 Å². The third-order valence-electron chi connectivity index (χ3n) is 5.68. The quantitative estimate of drug-likeness (QED) is 0.202. The van der Waals surface area contributed by atoms with Crippen LogP contribution in [0.15, 0.2) is 24.3 Å². The zero-order chi connectivity index (χ0) is 20.7. The van der Waals surface area contributed by atoms with Crippen LogP contribution in [0.25, 0.3) is 0 Å². The number of nitrogens with two attached hydrogens (primary N) is 1. The van der Waals surface area contributed by atoms with Crippen LogP contribution in [0, 0.1) is 0 Å². The van der Waals surface area contributed by atoms with Crippen molar-refractivity contribution < 1.29 is 4.79 Å². The van der Waals surface area contributed by atoms with Crippen LogP contribution < -0.4 is 5.73 Å². The number of benzene rings is 1. The van der Waals surface area contributed by atoms with Crippen molar-refractivity contribution in [3.8, 4) is 0 Å². The predicted octanol–water partition coefficient (Wildman–Crippen LogP) is 8.36. The van der Waals surface area contributed by atoms with Gasteiger partial charge in [0, 0.05) is 17.5 Å². The number of rotatable bonds is 17. The summed E-state index contributed by atoms with van der Waals surface area (Å²) in [7, 11) is 0. The fourth-order valence-electron chi connectivity index (χ4n) is 3.90. The number of hydrogen-bond donors (Lipinski definition) is 1. The molecule has 168 valence electrons. The summed E-state index contributed by atoms with van der Waals surface area (Å²) in [5, 5.41) is 0. The van der Waals surface area contributed by atoms with Gasteiger partial charge in [0.2, 0.25) is 0 Å².